The summed E-state index contributed by atoms with van der Waals surface area (Å²) in [5, 5.41) is 1.21. The van der Waals surface area contributed by atoms with Crippen LogP contribution in [0.15, 0.2) is 11.6 Å². The number of nitrogens with zero attached hydrogens (tertiary/aromatic N) is 1. The second-order valence-electron chi connectivity index (χ2n) is 6.44. The Morgan fingerprint density at radius 1 is 1.32 bits per heavy atom. The van der Waals surface area contributed by atoms with Crippen molar-refractivity contribution in [2.75, 3.05) is 19.8 Å². The first-order chi connectivity index (χ1) is 10.4. The van der Waals surface area contributed by atoms with Gasteiger partial charge in [-0.1, -0.05) is 19.9 Å². The predicted octanol–water partition coefficient (Wildman–Crippen LogP) is 3.10. The van der Waals surface area contributed by atoms with Crippen LogP contribution >= 0.6 is 0 Å². The van der Waals surface area contributed by atoms with Crippen LogP contribution in [-0.2, 0) is 9.47 Å². The fourth-order valence-electron chi connectivity index (χ4n) is 3.46. The molecule has 0 heterocycles. The fraction of sp³-hybridized carbons (Fsp3) is 0.750. The monoisotopic (exact) mass is 310 g/mol. The highest BCUT2D eigenvalue weighted by molar-refractivity contribution is 5.74. The van der Waals surface area contributed by atoms with Gasteiger partial charge in [0, 0.05) is 0 Å². The summed E-state index contributed by atoms with van der Waals surface area (Å²) >= 11 is 0. The predicted molar refractivity (Wildman–Crippen MR) is 82.0 cm³/mol. The Morgan fingerprint density at radius 2 is 2.00 bits per heavy atom. The first kappa shape index (κ1) is 16.6. The summed E-state index contributed by atoms with van der Waals surface area (Å²) in [6, 6.07) is 0. The first-order valence-electron chi connectivity index (χ1n) is 7.96. The smallest absolute Gasteiger partial charge is 0.429 e. The SMILES string of the molecule is CCOC(=O)NN(CC1=CCC2CC1C2(C)C)C(=O)OCC. The highest BCUT2D eigenvalue weighted by atomic mass is 16.6. The largest absolute Gasteiger partial charge is 0.449 e. The molecule has 3 aliphatic carbocycles. The number of amides is 2. The second-order valence-corrected chi connectivity index (χ2v) is 6.44. The molecule has 0 aliphatic heterocycles. The number of carbonyl (C=O) groups excluding carboxylic acids is 2. The van der Waals surface area contributed by atoms with Crippen molar-refractivity contribution >= 4 is 12.2 Å². The molecule has 2 amide bonds. The maximum atomic E-state index is 12.0. The summed E-state index contributed by atoms with van der Waals surface area (Å²) in [7, 11) is 0. The Balaban J connectivity index is 2.04. The normalized spacial score (nSPS) is 24.6. The molecule has 2 unspecified atom stereocenters. The first-order valence-corrected chi connectivity index (χ1v) is 7.96. The van der Waals surface area contributed by atoms with Gasteiger partial charge in [0.2, 0.25) is 0 Å². The van der Waals surface area contributed by atoms with Crippen molar-refractivity contribution in [3.63, 3.8) is 0 Å². The molecule has 3 aliphatic rings. The van der Waals surface area contributed by atoms with Crippen LogP contribution in [0.25, 0.3) is 0 Å². The molecule has 0 saturated heterocycles. The summed E-state index contributed by atoms with van der Waals surface area (Å²) in [4.78, 5) is 23.7. The number of carbonyl (C=O) groups is 2. The Bertz CT molecular complexity index is 473. The van der Waals surface area contributed by atoms with E-state index in [0.717, 1.165) is 18.8 Å². The topological polar surface area (TPSA) is 67.9 Å². The van der Waals surface area contributed by atoms with Gasteiger partial charge in [-0.3, -0.25) is 0 Å². The maximum Gasteiger partial charge on any atom is 0.429 e. The molecule has 1 saturated carbocycles. The lowest BCUT2D eigenvalue weighted by Gasteiger charge is -2.56. The highest BCUT2D eigenvalue weighted by Crippen LogP contribution is 2.59. The van der Waals surface area contributed by atoms with E-state index in [1.165, 1.54) is 10.6 Å². The van der Waals surface area contributed by atoms with E-state index < -0.39 is 12.2 Å². The molecule has 0 aromatic rings. The number of nitrogens with one attached hydrogen (secondary N) is 1. The van der Waals surface area contributed by atoms with Crippen LogP contribution in [0, 0.1) is 17.3 Å². The van der Waals surface area contributed by atoms with Crippen molar-refractivity contribution < 1.29 is 19.1 Å². The van der Waals surface area contributed by atoms with E-state index in [1.807, 2.05) is 0 Å². The Hall–Kier alpha value is -1.72. The van der Waals surface area contributed by atoms with Gasteiger partial charge in [-0.05, 0) is 49.5 Å². The maximum absolute atomic E-state index is 12.0. The van der Waals surface area contributed by atoms with E-state index in [4.69, 9.17) is 9.47 Å². The average molecular weight is 310 g/mol. The number of rotatable bonds is 4. The number of allylic oxidation sites excluding steroid dienone is 1. The summed E-state index contributed by atoms with van der Waals surface area (Å²) in [5.74, 6) is 1.20. The number of hydrogen-bond acceptors (Lipinski definition) is 4. The van der Waals surface area contributed by atoms with E-state index >= 15 is 0 Å². The molecule has 6 heteroatoms. The Kier molecular flexibility index (Phi) is 4.98. The molecule has 2 atom stereocenters. The van der Waals surface area contributed by atoms with E-state index in [0.29, 0.717) is 12.5 Å². The van der Waals surface area contributed by atoms with Gasteiger partial charge in [-0.2, -0.15) is 0 Å². The van der Waals surface area contributed by atoms with E-state index in [-0.39, 0.29) is 18.6 Å². The van der Waals surface area contributed by atoms with Crippen LogP contribution < -0.4 is 5.43 Å². The average Bonchev–Trinajstić information content (AvgIpc) is 2.47. The van der Waals surface area contributed by atoms with Crippen LogP contribution in [-0.4, -0.2) is 37.0 Å². The quantitative estimate of drug-likeness (QED) is 0.640. The molecule has 0 aromatic carbocycles. The van der Waals surface area contributed by atoms with Crippen molar-refractivity contribution in [2.45, 2.75) is 40.5 Å². The minimum Gasteiger partial charge on any atom is -0.449 e. The summed E-state index contributed by atoms with van der Waals surface area (Å²) in [6.07, 6.45) is 3.20. The van der Waals surface area contributed by atoms with Gasteiger partial charge in [0.15, 0.2) is 0 Å². The van der Waals surface area contributed by atoms with Gasteiger partial charge in [-0.15, -0.1) is 0 Å². The van der Waals surface area contributed by atoms with Crippen molar-refractivity contribution in [3.8, 4) is 0 Å². The van der Waals surface area contributed by atoms with Gasteiger partial charge < -0.3 is 9.47 Å². The lowest BCUT2D eigenvalue weighted by atomic mass is 9.49. The van der Waals surface area contributed by atoms with Crippen LogP contribution in [0.5, 0.6) is 0 Å². The lowest BCUT2D eigenvalue weighted by molar-refractivity contribution is -0.0123. The number of fused-ring (bicyclic) bond motifs is 1. The van der Waals surface area contributed by atoms with Crippen molar-refractivity contribution in [1.82, 2.24) is 10.4 Å². The van der Waals surface area contributed by atoms with Gasteiger partial charge in [-0.25, -0.2) is 20.0 Å². The Morgan fingerprint density at radius 3 is 2.55 bits per heavy atom. The summed E-state index contributed by atoms with van der Waals surface area (Å²) < 4.78 is 9.86. The summed E-state index contributed by atoms with van der Waals surface area (Å²) in [6.45, 7) is 8.85. The third-order valence-electron chi connectivity index (χ3n) is 4.91. The lowest BCUT2D eigenvalue weighted by Crippen LogP contribution is -2.53. The van der Waals surface area contributed by atoms with Crippen LogP contribution in [0.3, 0.4) is 0 Å². The van der Waals surface area contributed by atoms with E-state index in [9.17, 15) is 9.59 Å². The molecular weight excluding hydrogens is 284 g/mol. The molecule has 2 bridgehead atoms. The molecule has 1 fully saturated rings. The zero-order valence-corrected chi connectivity index (χ0v) is 13.8. The summed E-state index contributed by atoms with van der Waals surface area (Å²) in [5.41, 5.74) is 3.94. The fourth-order valence-corrected chi connectivity index (χ4v) is 3.46. The molecule has 124 valence electrons. The molecule has 0 spiro atoms. The number of hydrazine groups is 1. The molecule has 1 N–H and O–H groups in total. The zero-order valence-electron chi connectivity index (χ0n) is 13.8. The third-order valence-corrected chi connectivity index (χ3v) is 4.91. The van der Waals surface area contributed by atoms with Gasteiger partial charge >= 0.3 is 12.2 Å². The van der Waals surface area contributed by atoms with E-state index in [2.05, 4.69) is 25.3 Å². The highest BCUT2D eigenvalue weighted by Gasteiger charge is 2.51. The van der Waals surface area contributed by atoms with Crippen LogP contribution in [0.4, 0.5) is 9.59 Å². The number of ether oxygens (including phenoxy) is 2. The van der Waals surface area contributed by atoms with Crippen LogP contribution in [0.1, 0.15) is 40.5 Å². The van der Waals surface area contributed by atoms with Crippen molar-refractivity contribution in [3.05, 3.63) is 11.6 Å². The zero-order chi connectivity index (χ0) is 16.3. The molecule has 3 rings (SSSR count). The van der Waals surface area contributed by atoms with Crippen LogP contribution in [0.2, 0.25) is 0 Å². The molecule has 6 nitrogen and oxygen atoms in total. The molecule has 0 radical (unpaired) electrons. The third kappa shape index (κ3) is 3.20. The van der Waals surface area contributed by atoms with Crippen molar-refractivity contribution in [2.24, 2.45) is 17.3 Å². The van der Waals surface area contributed by atoms with Crippen molar-refractivity contribution in [1.29, 1.82) is 0 Å². The Labute approximate surface area is 131 Å². The van der Waals surface area contributed by atoms with Gasteiger partial charge in [0.25, 0.3) is 0 Å². The second kappa shape index (κ2) is 6.58. The minimum atomic E-state index is -0.641. The van der Waals surface area contributed by atoms with Gasteiger partial charge in [0.05, 0.1) is 19.8 Å². The van der Waals surface area contributed by atoms with Gasteiger partial charge in [0.1, 0.15) is 0 Å². The standard InChI is InChI=1S/C16H26N2O4/c1-5-21-14(19)17-18(15(20)22-6-2)10-11-7-8-12-9-13(11)16(12,3)4/h7,12-13H,5-6,8-10H2,1-4H3,(H,17,19). The molecule has 22 heavy (non-hydrogen) atoms. The minimum absolute atomic E-state index is 0.253. The van der Waals surface area contributed by atoms with E-state index in [1.54, 1.807) is 13.8 Å². The molecular formula is C16H26N2O4. The molecule has 0 aromatic heterocycles. The number of hydrogen-bond donors (Lipinski definition) is 1.